The average molecular weight is 168 g/mol. The molecule has 6 nitrogen and oxygen atoms in total. The molecule has 1 unspecified atom stereocenters. The summed E-state index contributed by atoms with van der Waals surface area (Å²) in [5.74, 6) is 0. The van der Waals surface area contributed by atoms with E-state index in [9.17, 15) is 0 Å². The third-order valence-corrected chi connectivity index (χ3v) is 1.52. The fraction of sp³-hybridized carbons (Fsp3) is 1.00. The lowest BCUT2D eigenvalue weighted by atomic mass is 10.1. The average Bonchev–Trinajstić information content (AvgIpc) is 2.17. The zero-order valence-electron chi connectivity index (χ0n) is 5.71. The molecule has 0 saturated carbocycles. The second kappa shape index (κ2) is 3.96. The molecular weight excluding hydrogens is 156 g/mol. The fourth-order valence-electron chi connectivity index (χ4n) is 0.880. The summed E-state index contributed by atoms with van der Waals surface area (Å²) in [6.07, 6.45) is -4.76. The molecule has 1 heterocycles. The highest BCUT2D eigenvalue weighted by molar-refractivity contribution is 4.84. The number of ether oxygens (including phenoxy) is 1. The highest BCUT2D eigenvalue weighted by atomic mass is 16.6. The van der Waals surface area contributed by atoms with Crippen LogP contribution in [0.4, 0.5) is 0 Å². The lowest BCUT2D eigenvalue weighted by Gasteiger charge is -2.09. The van der Waals surface area contributed by atoms with Crippen molar-refractivity contribution in [1.29, 1.82) is 0 Å². The maximum atomic E-state index is 8.93. The van der Waals surface area contributed by atoms with Crippen LogP contribution in [0.25, 0.3) is 0 Å². The van der Waals surface area contributed by atoms with E-state index in [0.29, 0.717) is 0 Å². The molecule has 1 rings (SSSR count). The van der Waals surface area contributed by atoms with Crippen LogP contribution in [0.15, 0.2) is 0 Å². The van der Waals surface area contributed by atoms with Gasteiger partial charge in [0, 0.05) is 0 Å². The van der Waals surface area contributed by atoms with Gasteiger partial charge in [0.2, 0.25) is 0 Å². The van der Waals surface area contributed by atoms with Gasteiger partial charge >= 0.3 is 0 Å². The maximum absolute atomic E-state index is 8.93. The van der Waals surface area contributed by atoms with Crippen LogP contribution in [0.2, 0.25) is 0 Å². The van der Waals surface area contributed by atoms with Gasteiger partial charge < -0.3 is 30.6 Å². The zero-order chi connectivity index (χ0) is 7.72. The van der Waals surface area contributed by atoms with Crippen LogP contribution in [0.1, 0.15) is 0 Å². The quantitative estimate of drug-likeness (QED) is 0.325. The molecule has 1 fully saturated rings. The number of aliphatic hydroxyl groups excluding tert-OH is 4. The van der Waals surface area contributed by atoms with Gasteiger partial charge in [-0.2, -0.15) is 0 Å². The summed E-state index contributed by atoms with van der Waals surface area (Å²) in [6, 6.07) is 0. The molecule has 11 heavy (non-hydrogen) atoms. The topological polar surface area (TPSA) is 122 Å². The van der Waals surface area contributed by atoms with Crippen molar-refractivity contribution in [2.24, 2.45) is 0 Å². The predicted octanol–water partition coefficient (Wildman–Crippen LogP) is -3.41. The van der Waals surface area contributed by atoms with Crippen molar-refractivity contribution >= 4 is 0 Å². The van der Waals surface area contributed by atoms with Crippen molar-refractivity contribution in [3.05, 3.63) is 0 Å². The predicted molar refractivity (Wildman–Crippen MR) is 33.6 cm³/mol. The fourth-order valence-corrected chi connectivity index (χ4v) is 0.880. The highest BCUT2D eigenvalue weighted by Crippen LogP contribution is 2.18. The summed E-state index contributed by atoms with van der Waals surface area (Å²) >= 11 is 0. The van der Waals surface area contributed by atoms with Crippen LogP contribution in [0.3, 0.4) is 0 Å². The molecule has 6 N–H and O–H groups in total. The van der Waals surface area contributed by atoms with E-state index >= 15 is 0 Å². The Morgan fingerprint density at radius 1 is 1.09 bits per heavy atom. The third-order valence-electron chi connectivity index (χ3n) is 1.52. The molecule has 0 bridgehead atoms. The molecule has 0 aromatic carbocycles. The first-order chi connectivity index (χ1) is 4.66. The van der Waals surface area contributed by atoms with Crippen LogP contribution >= 0.6 is 0 Å². The first kappa shape index (κ1) is 10.8. The Morgan fingerprint density at radius 2 is 1.64 bits per heavy atom. The molecule has 1 aliphatic rings. The van der Waals surface area contributed by atoms with Gasteiger partial charge in [-0.25, -0.2) is 0 Å². The summed E-state index contributed by atoms with van der Waals surface area (Å²) in [6.45, 7) is -0.407. The molecule has 0 amide bonds. The first-order valence-electron chi connectivity index (χ1n) is 2.97. The molecule has 4 atom stereocenters. The van der Waals surface area contributed by atoms with Gasteiger partial charge in [0.1, 0.15) is 18.3 Å². The Labute approximate surface area is 63.0 Å². The molecular formula is C5H12O6. The van der Waals surface area contributed by atoms with Gasteiger partial charge in [0.15, 0.2) is 6.29 Å². The molecule has 0 spiro atoms. The Balaban J connectivity index is 0.000001000. The van der Waals surface area contributed by atoms with E-state index in [0.717, 1.165) is 0 Å². The van der Waals surface area contributed by atoms with Crippen molar-refractivity contribution in [2.75, 3.05) is 6.61 Å². The zero-order valence-corrected chi connectivity index (χ0v) is 5.71. The first-order valence-corrected chi connectivity index (χ1v) is 2.97. The number of aliphatic hydroxyl groups is 4. The van der Waals surface area contributed by atoms with Gasteiger partial charge in [0.05, 0.1) is 6.61 Å². The van der Waals surface area contributed by atoms with Crippen LogP contribution in [-0.2, 0) is 4.74 Å². The van der Waals surface area contributed by atoms with Crippen LogP contribution in [0.5, 0.6) is 0 Å². The smallest absolute Gasteiger partial charge is 0.184 e. The Morgan fingerprint density at radius 3 is 1.82 bits per heavy atom. The standard InChI is InChI=1S/C5H10O5.H2O/c6-1-2-3(7)4(8)5(9)10-2;/h2-9H,1H2;1H2/t2-,3+,4-,5?;/m1./s1. The summed E-state index contributed by atoms with van der Waals surface area (Å²) in [5.41, 5.74) is 0. The van der Waals surface area contributed by atoms with Gasteiger partial charge in [-0.15, -0.1) is 0 Å². The van der Waals surface area contributed by atoms with Crippen molar-refractivity contribution in [1.82, 2.24) is 0 Å². The number of hydrogen-bond donors (Lipinski definition) is 4. The molecule has 0 aromatic rings. The van der Waals surface area contributed by atoms with Crippen molar-refractivity contribution in [2.45, 2.75) is 24.6 Å². The maximum Gasteiger partial charge on any atom is 0.184 e. The number of rotatable bonds is 1. The molecule has 0 radical (unpaired) electrons. The molecule has 68 valence electrons. The van der Waals surface area contributed by atoms with E-state index in [4.69, 9.17) is 20.4 Å². The monoisotopic (exact) mass is 168 g/mol. The van der Waals surface area contributed by atoms with E-state index < -0.39 is 31.2 Å². The molecule has 6 heteroatoms. The van der Waals surface area contributed by atoms with Crippen molar-refractivity contribution < 1.29 is 30.6 Å². The third kappa shape index (κ3) is 1.86. The number of hydrogen-bond acceptors (Lipinski definition) is 5. The lowest BCUT2D eigenvalue weighted by molar-refractivity contribution is -0.132. The minimum Gasteiger partial charge on any atom is -0.412 e. The van der Waals surface area contributed by atoms with Gasteiger partial charge in [-0.05, 0) is 0 Å². The summed E-state index contributed by atoms with van der Waals surface area (Å²) < 4.78 is 4.54. The van der Waals surface area contributed by atoms with Crippen molar-refractivity contribution in [3.63, 3.8) is 0 Å². The van der Waals surface area contributed by atoms with E-state index in [2.05, 4.69) is 4.74 Å². The Kier molecular flexibility index (Phi) is 3.87. The second-order valence-electron chi connectivity index (χ2n) is 2.23. The minimum absolute atomic E-state index is 0. The van der Waals surface area contributed by atoms with E-state index in [-0.39, 0.29) is 5.48 Å². The van der Waals surface area contributed by atoms with E-state index in [1.54, 1.807) is 0 Å². The highest BCUT2D eigenvalue weighted by Gasteiger charge is 2.41. The SMILES string of the molecule is O.OC[C@H]1OC(O)[C@H](O)[C@H]1O. The molecule has 1 saturated heterocycles. The van der Waals surface area contributed by atoms with Gasteiger partial charge in [-0.1, -0.05) is 0 Å². The molecule has 1 aliphatic heterocycles. The normalized spacial score (nSPS) is 43.6. The van der Waals surface area contributed by atoms with Crippen LogP contribution in [0, 0.1) is 0 Å². The minimum atomic E-state index is -1.38. The van der Waals surface area contributed by atoms with Crippen LogP contribution in [-0.4, -0.2) is 57.1 Å². The van der Waals surface area contributed by atoms with Gasteiger partial charge in [0.25, 0.3) is 0 Å². The molecule has 0 aliphatic carbocycles. The molecule has 0 aromatic heterocycles. The van der Waals surface area contributed by atoms with E-state index in [1.165, 1.54) is 0 Å². The van der Waals surface area contributed by atoms with Crippen molar-refractivity contribution in [3.8, 4) is 0 Å². The van der Waals surface area contributed by atoms with Crippen LogP contribution < -0.4 is 0 Å². The lowest BCUT2D eigenvalue weighted by Crippen LogP contribution is -2.33. The summed E-state index contributed by atoms with van der Waals surface area (Å²) in [5, 5.41) is 35.0. The van der Waals surface area contributed by atoms with Gasteiger partial charge in [-0.3, -0.25) is 0 Å². The Bertz CT molecular complexity index is 118. The Hall–Kier alpha value is -0.240. The summed E-state index contributed by atoms with van der Waals surface area (Å²) in [4.78, 5) is 0. The van der Waals surface area contributed by atoms with E-state index in [1.807, 2.05) is 0 Å². The second-order valence-corrected chi connectivity index (χ2v) is 2.23. The largest absolute Gasteiger partial charge is 0.412 e. The summed E-state index contributed by atoms with van der Waals surface area (Å²) in [7, 11) is 0.